The molecule has 5 nitrogen and oxygen atoms in total. The molecule has 1 atom stereocenters. The van der Waals surface area contributed by atoms with Crippen LogP contribution in [0.4, 0.5) is 0 Å². The van der Waals surface area contributed by atoms with Gasteiger partial charge in [0.1, 0.15) is 11.8 Å². The molecular weight excluding hydrogens is 436 g/mol. The van der Waals surface area contributed by atoms with Gasteiger partial charge in [0.05, 0.1) is 13.5 Å². The Labute approximate surface area is 209 Å². The van der Waals surface area contributed by atoms with Crippen molar-refractivity contribution in [1.29, 1.82) is 0 Å². The maximum atomic E-state index is 13.8. The lowest BCUT2D eigenvalue weighted by Gasteiger charge is -2.32. The lowest BCUT2D eigenvalue weighted by atomic mass is 10.00. The van der Waals surface area contributed by atoms with Crippen molar-refractivity contribution < 1.29 is 14.3 Å². The van der Waals surface area contributed by atoms with Gasteiger partial charge in [-0.1, -0.05) is 80.6 Å². The predicted molar refractivity (Wildman–Crippen MR) is 140 cm³/mol. The summed E-state index contributed by atoms with van der Waals surface area (Å²) in [5.41, 5.74) is 4.02. The molecule has 3 rings (SSSR count). The topological polar surface area (TPSA) is 58.6 Å². The van der Waals surface area contributed by atoms with Crippen LogP contribution in [0, 0.1) is 12.8 Å². The number of carbonyl (C=O) groups excluding carboxylic acids is 2. The van der Waals surface area contributed by atoms with Gasteiger partial charge in [0, 0.05) is 19.5 Å². The molecule has 1 N–H and O–H groups in total. The molecule has 3 aromatic carbocycles. The smallest absolute Gasteiger partial charge is 0.243 e. The van der Waals surface area contributed by atoms with E-state index in [1.807, 2.05) is 85.8 Å². The monoisotopic (exact) mass is 472 g/mol. The van der Waals surface area contributed by atoms with Crippen molar-refractivity contribution in [2.24, 2.45) is 5.92 Å². The molecule has 0 radical (unpaired) electrons. The second kappa shape index (κ2) is 12.7. The van der Waals surface area contributed by atoms with E-state index in [0.29, 0.717) is 25.4 Å². The SMILES string of the molecule is COc1ccc(CC(=O)N(Cc2ccccc2C)[C@@H](Cc2ccccc2)C(=O)NCC(C)C)cc1. The molecule has 0 unspecified atom stereocenters. The molecule has 0 aliphatic rings. The van der Waals surface area contributed by atoms with Crippen LogP contribution >= 0.6 is 0 Å². The molecule has 0 aliphatic carbocycles. The number of nitrogens with zero attached hydrogens (tertiary/aromatic N) is 1. The van der Waals surface area contributed by atoms with Gasteiger partial charge in [0.25, 0.3) is 0 Å². The fraction of sp³-hybridized carbons (Fsp3) is 0.333. The molecule has 0 spiro atoms. The zero-order chi connectivity index (χ0) is 25.2. The molecule has 0 aliphatic heterocycles. The summed E-state index contributed by atoms with van der Waals surface area (Å²) in [5, 5.41) is 3.07. The number of nitrogens with one attached hydrogen (secondary N) is 1. The Morgan fingerprint density at radius 1 is 0.886 bits per heavy atom. The van der Waals surface area contributed by atoms with Crippen molar-refractivity contribution in [2.45, 2.75) is 46.2 Å². The maximum Gasteiger partial charge on any atom is 0.243 e. The molecule has 5 heteroatoms. The standard InChI is InChI=1S/C30H36N2O3/c1-22(2)20-31-30(34)28(18-24-11-6-5-7-12-24)32(21-26-13-9-8-10-23(26)3)29(33)19-25-14-16-27(35-4)17-15-25/h5-17,22,28H,18-21H2,1-4H3,(H,31,34)/t28-/m0/s1. The minimum atomic E-state index is -0.624. The quantitative estimate of drug-likeness (QED) is 0.429. The number of hydrogen-bond donors (Lipinski definition) is 1. The summed E-state index contributed by atoms with van der Waals surface area (Å²) < 4.78 is 5.25. The number of carbonyl (C=O) groups is 2. The molecule has 0 saturated heterocycles. The zero-order valence-electron chi connectivity index (χ0n) is 21.2. The lowest BCUT2D eigenvalue weighted by Crippen LogP contribution is -2.51. The Balaban J connectivity index is 1.95. The van der Waals surface area contributed by atoms with Crippen molar-refractivity contribution in [2.75, 3.05) is 13.7 Å². The Morgan fingerprint density at radius 2 is 1.54 bits per heavy atom. The van der Waals surface area contributed by atoms with E-state index >= 15 is 0 Å². The normalized spacial score (nSPS) is 11.7. The van der Waals surface area contributed by atoms with Gasteiger partial charge in [-0.3, -0.25) is 9.59 Å². The van der Waals surface area contributed by atoms with Crippen LogP contribution in [-0.4, -0.2) is 36.4 Å². The second-order valence-electron chi connectivity index (χ2n) is 9.32. The fourth-order valence-corrected chi connectivity index (χ4v) is 3.97. The lowest BCUT2D eigenvalue weighted by molar-refractivity contribution is -0.140. The van der Waals surface area contributed by atoms with Crippen molar-refractivity contribution in [3.63, 3.8) is 0 Å². The third kappa shape index (κ3) is 7.71. The van der Waals surface area contributed by atoms with Crippen LogP contribution in [0.3, 0.4) is 0 Å². The highest BCUT2D eigenvalue weighted by molar-refractivity contribution is 5.88. The van der Waals surface area contributed by atoms with Gasteiger partial charge in [-0.25, -0.2) is 0 Å². The summed E-state index contributed by atoms with van der Waals surface area (Å²) in [7, 11) is 1.62. The summed E-state index contributed by atoms with van der Waals surface area (Å²) in [6, 6.07) is 24.8. The predicted octanol–water partition coefficient (Wildman–Crippen LogP) is 4.96. The summed E-state index contributed by atoms with van der Waals surface area (Å²) in [5.74, 6) is 0.849. The summed E-state index contributed by atoms with van der Waals surface area (Å²) in [6.07, 6.45) is 0.656. The van der Waals surface area contributed by atoms with Crippen molar-refractivity contribution in [3.8, 4) is 5.75 Å². The maximum absolute atomic E-state index is 13.8. The van der Waals surface area contributed by atoms with Gasteiger partial charge >= 0.3 is 0 Å². The highest BCUT2D eigenvalue weighted by Crippen LogP contribution is 2.19. The van der Waals surface area contributed by atoms with E-state index in [1.54, 1.807) is 12.0 Å². The first-order valence-electron chi connectivity index (χ1n) is 12.2. The van der Waals surface area contributed by atoms with Crippen LogP contribution in [0.1, 0.15) is 36.1 Å². The van der Waals surface area contributed by atoms with Crippen molar-refractivity contribution >= 4 is 11.8 Å². The van der Waals surface area contributed by atoms with Gasteiger partial charge in [-0.15, -0.1) is 0 Å². The van der Waals surface area contributed by atoms with Crippen LogP contribution in [0.15, 0.2) is 78.9 Å². The van der Waals surface area contributed by atoms with Crippen LogP contribution < -0.4 is 10.1 Å². The van der Waals surface area contributed by atoms with Gasteiger partial charge in [0.2, 0.25) is 11.8 Å². The highest BCUT2D eigenvalue weighted by Gasteiger charge is 2.30. The van der Waals surface area contributed by atoms with Gasteiger partial charge in [-0.2, -0.15) is 0 Å². The average molecular weight is 473 g/mol. The molecule has 2 amide bonds. The Hall–Kier alpha value is -3.60. The summed E-state index contributed by atoms with van der Waals surface area (Å²) in [6.45, 7) is 7.09. The van der Waals surface area contributed by atoms with Crippen LogP contribution in [-0.2, 0) is 29.0 Å². The third-order valence-electron chi connectivity index (χ3n) is 6.07. The van der Waals surface area contributed by atoms with Crippen LogP contribution in [0.2, 0.25) is 0 Å². The molecule has 35 heavy (non-hydrogen) atoms. The molecule has 0 bridgehead atoms. The number of methoxy groups -OCH3 is 1. The Bertz CT molecular complexity index is 1090. The first-order valence-corrected chi connectivity index (χ1v) is 12.2. The van der Waals surface area contributed by atoms with Gasteiger partial charge < -0.3 is 15.0 Å². The van der Waals surface area contributed by atoms with Crippen LogP contribution in [0.25, 0.3) is 0 Å². The van der Waals surface area contributed by atoms with E-state index in [-0.39, 0.29) is 18.2 Å². The number of ether oxygens (including phenoxy) is 1. The van der Waals surface area contributed by atoms with E-state index < -0.39 is 6.04 Å². The minimum Gasteiger partial charge on any atom is -0.497 e. The van der Waals surface area contributed by atoms with Crippen molar-refractivity contribution in [3.05, 3.63) is 101 Å². The number of amides is 2. The second-order valence-corrected chi connectivity index (χ2v) is 9.32. The van der Waals surface area contributed by atoms with E-state index in [4.69, 9.17) is 4.74 Å². The molecule has 3 aromatic rings. The number of benzene rings is 3. The fourth-order valence-electron chi connectivity index (χ4n) is 3.97. The van der Waals surface area contributed by atoms with Gasteiger partial charge in [-0.05, 0) is 47.2 Å². The number of hydrogen-bond acceptors (Lipinski definition) is 3. The molecule has 0 fully saturated rings. The molecule has 0 saturated carbocycles. The number of rotatable bonds is 11. The van der Waals surface area contributed by atoms with Crippen LogP contribution in [0.5, 0.6) is 5.75 Å². The largest absolute Gasteiger partial charge is 0.497 e. The van der Waals surface area contributed by atoms with E-state index in [9.17, 15) is 9.59 Å². The third-order valence-corrected chi connectivity index (χ3v) is 6.07. The Kier molecular flexibility index (Phi) is 9.47. The van der Waals surface area contributed by atoms with E-state index in [2.05, 4.69) is 19.2 Å². The van der Waals surface area contributed by atoms with Gasteiger partial charge in [0.15, 0.2) is 0 Å². The van der Waals surface area contributed by atoms with E-state index in [1.165, 1.54) is 0 Å². The first-order chi connectivity index (χ1) is 16.9. The zero-order valence-corrected chi connectivity index (χ0v) is 21.2. The highest BCUT2D eigenvalue weighted by atomic mass is 16.5. The first kappa shape index (κ1) is 26.0. The molecule has 0 aromatic heterocycles. The number of aryl methyl sites for hydroxylation is 1. The van der Waals surface area contributed by atoms with E-state index in [0.717, 1.165) is 28.0 Å². The molecule has 184 valence electrons. The molecule has 0 heterocycles. The van der Waals surface area contributed by atoms with Crippen molar-refractivity contribution in [1.82, 2.24) is 10.2 Å². The summed E-state index contributed by atoms with van der Waals surface area (Å²) >= 11 is 0. The molecular formula is C30H36N2O3. The Morgan fingerprint density at radius 3 is 2.17 bits per heavy atom. The minimum absolute atomic E-state index is 0.0842. The summed E-state index contributed by atoms with van der Waals surface area (Å²) in [4.78, 5) is 29.0. The average Bonchev–Trinajstić information content (AvgIpc) is 2.86.